The van der Waals surface area contributed by atoms with Crippen LogP contribution in [0.4, 0.5) is 0 Å². The standard InChI is InChI=1S/C29H50O/c1-21(2)12-9-13-22(3)14-10-15-23(4)16-11-17-24(5)18-19-28-26(7)20-25(6)27(8)29(28)30/h20-23,30H,5,9-19H2,1-4,6-8H3. The molecule has 0 aliphatic carbocycles. The van der Waals surface area contributed by atoms with Crippen molar-refractivity contribution in [2.45, 2.75) is 119 Å². The number of benzene rings is 1. The van der Waals surface area contributed by atoms with Crippen LogP contribution in [-0.4, -0.2) is 5.11 Å². The summed E-state index contributed by atoms with van der Waals surface area (Å²) in [4.78, 5) is 0. The van der Waals surface area contributed by atoms with Gasteiger partial charge in [-0.15, -0.1) is 0 Å². The second-order valence-electron chi connectivity index (χ2n) is 10.6. The van der Waals surface area contributed by atoms with Crippen LogP contribution in [0.2, 0.25) is 0 Å². The Morgan fingerprint density at radius 2 is 1.33 bits per heavy atom. The molecule has 1 aromatic rings. The summed E-state index contributed by atoms with van der Waals surface area (Å²) < 4.78 is 0. The molecule has 0 saturated carbocycles. The van der Waals surface area contributed by atoms with E-state index in [1.165, 1.54) is 68.1 Å². The molecule has 0 heterocycles. The van der Waals surface area contributed by atoms with Crippen LogP contribution in [0.25, 0.3) is 0 Å². The van der Waals surface area contributed by atoms with Crippen molar-refractivity contribution in [2.24, 2.45) is 17.8 Å². The predicted octanol–water partition coefficient (Wildman–Crippen LogP) is 9.25. The van der Waals surface area contributed by atoms with Crippen LogP contribution in [0, 0.1) is 38.5 Å². The molecule has 1 rings (SSSR count). The Kier molecular flexibility index (Phi) is 12.5. The van der Waals surface area contributed by atoms with Crippen LogP contribution in [0.3, 0.4) is 0 Å². The molecule has 2 unspecified atom stereocenters. The number of phenolic OH excluding ortho intramolecular Hbond substituents is 1. The van der Waals surface area contributed by atoms with Gasteiger partial charge in [0.25, 0.3) is 0 Å². The van der Waals surface area contributed by atoms with Gasteiger partial charge in [0.15, 0.2) is 0 Å². The SMILES string of the molecule is C=C(CCCC(C)CCCC(C)CCCC(C)C)CCc1c(C)cc(C)c(C)c1O. The number of rotatable bonds is 15. The van der Waals surface area contributed by atoms with Crippen LogP contribution in [0.1, 0.15) is 114 Å². The smallest absolute Gasteiger partial charge is 0.122 e. The molecule has 0 fully saturated rings. The monoisotopic (exact) mass is 414 g/mol. The molecule has 0 aliphatic rings. The minimum Gasteiger partial charge on any atom is -0.507 e. The van der Waals surface area contributed by atoms with E-state index in [4.69, 9.17) is 0 Å². The van der Waals surface area contributed by atoms with Gasteiger partial charge in [0, 0.05) is 0 Å². The Labute approximate surface area is 188 Å². The Morgan fingerprint density at radius 1 is 0.800 bits per heavy atom. The van der Waals surface area contributed by atoms with Gasteiger partial charge in [0.2, 0.25) is 0 Å². The second kappa shape index (κ2) is 13.9. The predicted molar refractivity (Wildman–Crippen MR) is 134 cm³/mol. The molecule has 0 amide bonds. The Balaban J connectivity index is 2.20. The number of aromatic hydroxyl groups is 1. The molecule has 2 atom stereocenters. The topological polar surface area (TPSA) is 20.2 Å². The second-order valence-corrected chi connectivity index (χ2v) is 10.6. The molecule has 1 heteroatoms. The highest BCUT2D eigenvalue weighted by atomic mass is 16.3. The summed E-state index contributed by atoms with van der Waals surface area (Å²) in [6.45, 7) is 20.0. The third kappa shape index (κ3) is 10.2. The summed E-state index contributed by atoms with van der Waals surface area (Å²) in [5.74, 6) is 3.06. The maximum atomic E-state index is 10.5. The third-order valence-corrected chi connectivity index (χ3v) is 6.97. The summed E-state index contributed by atoms with van der Waals surface area (Å²) >= 11 is 0. The molecule has 0 aliphatic heterocycles. The van der Waals surface area contributed by atoms with Crippen LogP contribution in [-0.2, 0) is 6.42 Å². The molecule has 172 valence electrons. The molecule has 0 radical (unpaired) electrons. The van der Waals surface area contributed by atoms with Crippen molar-refractivity contribution < 1.29 is 5.11 Å². The third-order valence-electron chi connectivity index (χ3n) is 6.97. The number of hydrogen-bond donors (Lipinski definition) is 1. The number of phenols is 1. The lowest BCUT2D eigenvalue weighted by Crippen LogP contribution is -2.00. The highest BCUT2D eigenvalue weighted by molar-refractivity contribution is 5.48. The fourth-order valence-corrected chi connectivity index (χ4v) is 4.54. The zero-order chi connectivity index (χ0) is 22.7. The fourth-order valence-electron chi connectivity index (χ4n) is 4.54. The zero-order valence-corrected chi connectivity index (χ0v) is 21.2. The molecule has 0 aromatic heterocycles. The molecular formula is C29H50O. The van der Waals surface area contributed by atoms with Crippen molar-refractivity contribution in [1.82, 2.24) is 0 Å². The van der Waals surface area contributed by atoms with Gasteiger partial charge in [0.1, 0.15) is 5.75 Å². The number of hydrogen-bond acceptors (Lipinski definition) is 1. The fraction of sp³-hybridized carbons (Fsp3) is 0.724. The van der Waals surface area contributed by atoms with E-state index in [-0.39, 0.29) is 0 Å². The highest BCUT2D eigenvalue weighted by Crippen LogP contribution is 2.30. The largest absolute Gasteiger partial charge is 0.507 e. The Bertz CT molecular complexity index is 640. The summed E-state index contributed by atoms with van der Waals surface area (Å²) in [5, 5.41) is 10.5. The van der Waals surface area contributed by atoms with E-state index in [1.807, 2.05) is 6.92 Å². The minimum absolute atomic E-state index is 0.493. The first-order chi connectivity index (χ1) is 14.1. The first-order valence-electron chi connectivity index (χ1n) is 12.6. The lowest BCUT2D eigenvalue weighted by molar-refractivity contribution is 0.388. The normalized spacial score (nSPS) is 13.6. The van der Waals surface area contributed by atoms with Gasteiger partial charge in [-0.25, -0.2) is 0 Å². The minimum atomic E-state index is 0.493. The van der Waals surface area contributed by atoms with Gasteiger partial charge in [-0.05, 0) is 86.5 Å². The van der Waals surface area contributed by atoms with E-state index in [9.17, 15) is 5.11 Å². The molecule has 1 nitrogen and oxygen atoms in total. The van der Waals surface area contributed by atoms with Crippen molar-refractivity contribution in [3.63, 3.8) is 0 Å². The highest BCUT2D eigenvalue weighted by Gasteiger charge is 2.11. The van der Waals surface area contributed by atoms with Crippen LogP contribution in [0.5, 0.6) is 5.75 Å². The van der Waals surface area contributed by atoms with Crippen molar-refractivity contribution in [3.8, 4) is 5.75 Å². The lowest BCUT2D eigenvalue weighted by Gasteiger charge is -2.16. The number of aryl methyl sites for hydroxylation is 2. The molecule has 0 bridgehead atoms. The van der Waals surface area contributed by atoms with E-state index < -0.39 is 0 Å². The summed E-state index contributed by atoms with van der Waals surface area (Å²) in [6, 6.07) is 2.19. The van der Waals surface area contributed by atoms with Gasteiger partial charge >= 0.3 is 0 Å². The average molecular weight is 415 g/mol. The maximum absolute atomic E-state index is 10.5. The molecule has 30 heavy (non-hydrogen) atoms. The van der Waals surface area contributed by atoms with Crippen molar-refractivity contribution in [3.05, 3.63) is 40.5 Å². The van der Waals surface area contributed by atoms with Gasteiger partial charge in [0.05, 0.1) is 0 Å². The molecule has 0 saturated heterocycles. The lowest BCUT2D eigenvalue weighted by atomic mass is 9.91. The summed E-state index contributed by atoms with van der Waals surface area (Å²) in [7, 11) is 0. The van der Waals surface area contributed by atoms with Crippen LogP contribution in [0.15, 0.2) is 18.2 Å². The van der Waals surface area contributed by atoms with E-state index in [0.29, 0.717) is 5.75 Å². The van der Waals surface area contributed by atoms with E-state index in [1.54, 1.807) is 0 Å². The molecule has 0 spiro atoms. The molecule has 1 aromatic carbocycles. The van der Waals surface area contributed by atoms with Gasteiger partial charge in [-0.1, -0.05) is 90.9 Å². The van der Waals surface area contributed by atoms with Gasteiger partial charge < -0.3 is 5.11 Å². The Morgan fingerprint density at radius 3 is 1.90 bits per heavy atom. The van der Waals surface area contributed by atoms with Crippen LogP contribution < -0.4 is 0 Å². The van der Waals surface area contributed by atoms with E-state index in [2.05, 4.69) is 54.2 Å². The maximum Gasteiger partial charge on any atom is 0.122 e. The van der Waals surface area contributed by atoms with Crippen molar-refractivity contribution in [1.29, 1.82) is 0 Å². The van der Waals surface area contributed by atoms with Gasteiger partial charge in [-0.2, -0.15) is 0 Å². The van der Waals surface area contributed by atoms with Crippen molar-refractivity contribution >= 4 is 0 Å². The number of allylic oxidation sites excluding steroid dienone is 1. The first-order valence-corrected chi connectivity index (χ1v) is 12.6. The molecular weight excluding hydrogens is 364 g/mol. The van der Waals surface area contributed by atoms with E-state index in [0.717, 1.165) is 48.1 Å². The quantitative estimate of drug-likeness (QED) is 0.283. The van der Waals surface area contributed by atoms with E-state index >= 15 is 0 Å². The Hall–Kier alpha value is -1.24. The first kappa shape index (κ1) is 26.8. The van der Waals surface area contributed by atoms with Crippen molar-refractivity contribution in [2.75, 3.05) is 0 Å². The summed E-state index contributed by atoms with van der Waals surface area (Å²) in [5.41, 5.74) is 5.83. The van der Waals surface area contributed by atoms with Gasteiger partial charge in [-0.3, -0.25) is 0 Å². The zero-order valence-electron chi connectivity index (χ0n) is 21.2. The summed E-state index contributed by atoms with van der Waals surface area (Å²) in [6.07, 6.45) is 13.9. The van der Waals surface area contributed by atoms with Crippen LogP contribution >= 0.6 is 0 Å². The molecule has 1 N–H and O–H groups in total. The average Bonchev–Trinajstić information content (AvgIpc) is 2.65.